The Kier molecular flexibility index (Phi) is 6.72. The van der Waals surface area contributed by atoms with Crippen molar-refractivity contribution < 1.29 is 9.53 Å². The van der Waals surface area contributed by atoms with Crippen LogP contribution in [0.15, 0.2) is 0 Å². The lowest BCUT2D eigenvalue weighted by atomic mass is 10.1. The summed E-state index contributed by atoms with van der Waals surface area (Å²) in [6.45, 7) is 6.31. The van der Waals surface area contributed by atoms with E-state index in [4.69, 9.17) is 5.26 Å². The fraction of sp³-hybridized carbons (Fsp3) is 0.818. The molecule has 15 heavy (non-hydrogen) atoms. The molecule has 0 saturated heterocycles. The topological polar surface area (TPSA) is 53.3 Å². The van der Waals surface area contributed by atoms with Crippen LogP contribution in [0.4, 0.5) is 0 Å². The lowest BCUT2D eigenvalue weighted by Crippen LogP contribution is -2.43. The van der Waals surface area contributed by atoms with E-state index in [1.54, 1.807) is 0 Å². The Labute approximate surface area is 91.8 Å². The van der Waals surface area contributed by atoms with Gasteiger partial charge in [-0.2, -0.15) is 5.26 Å². The molecule has 0 fully saturated rings. The molecular weight excluding hydrogens is 192 g/mol. The molecule has 0 saturated carbocycles. The van der Waals surface area contributed by atoms with Crippen molar-refractivity contribution >= 4 is 5.97 Å². The van der Waals surface area contributed by atoms with Crippen LogP contribution in [0.2, 0.25) is 0 Å². The van der Waals surface area contributed by atoms with Gasteiger partial charge in [0.15, 0.2) is 0 Å². The predicted octanol–water partition coefficient (Wildman–Crippen LogP) is 1.56. The van der Waals surface area contributed by atoms with Gasteiger partial charge in [-0.1, -0.05) is 6.92 Å². The van der Waals surface area contributed by atoms with Gasteiger partial charge < -0.3 is 4.74 Å². The second kappa shape index (κ2) is 7.24. The van der Waals surface area contributed by atoms with Gasteiger partial charge in [0.05, 0.1) is 26.1 Å². The molecule has 0 aliphatic rings. The van der Waals surface area contributed by atoms with Crippen LogP contribution in [0.3, 0.4) is 0 Å². The van der Waals surface area contributed by atoms with Crippen LogP contribution in [0.5, 0.6) is 0 Å². The maximum absolute atomic E-state index is 11.2. The van der Waals surface area contributed by atoms with Crippen molar-refractivity contribution in [2.45, 2.75) is 45.7 Å². The summed E-state index contributed by atoms with van der Waals surface area (Å²) in [6.07, 6.45) is 1.31. The average Bonchev–Trinajstić information content (AvgIpc) is 2.22. The number of rotatable bonds is 6. The summed E-state index contributed by atoms with van der Waals surface area (Å²) in [7, 11) is 1.38. The Morgan fingerprint density at radius 2 is 2.13 bits per heavy atom. The van der Waals surface area contributed by atoms with Crippen molar-refractivity contribution in [3.05, 3.63) is 0 Å². The number of hydrogen-bond acceptors (Lipinski definition) is 4. The summed E-state index contributed by atoms with van der Waals surface area (Å²) in [5.41, 5.74) is 0. The fourth-order valence-electron chi connectivity index (χ4n) is 1.55. The highest BCUT2D eigenvalue weighted by Crippen LogP contribution is 2.12. The lowest BCUT2D eigenvalue weighted by molar-refractivity contribution is -0.143. The number of carbonyl (C=O) groups excluding carboxylic acids is 1. The molecule has 4 nitrogen and oxygen atoms in total. The van der Waals surface area contributed by atoms with Crippen molar-refractivity contribution in [1.82, 2.24) is 4.90 Å². The quantitative estimate of drug-likeness (QED) is 0.627. The van der Waals surface area contributed by atoms with E-state index >= 15 is 0 Å². The van der Waals surface area contributed by atoms with E-state index < -0.39 is 0 Å². The monoisotopic (exact) mass is 212 g/mol. The molecule has 0 heterocycles. The van der Waals surface area contributed by atoms with Gasteiger partial charge in [-0.3, -0.25) is 9.69 Å². The number of nitrogens with zero attached hydrogens (tertiary/aromatic N) is 2. The van der Waals surface area contributed by atoms with Crippen molar-refractivity contribution in [2.24, 2.45) is 0 Å². The van der Waals surface area contributed by atoms with Gasteiger partial charge in [-0.05, 0) is 20.3 Å². The second-order valence-electron chi connectivity index (χ2n) is 3.77. The normalized spacial score (nSPS) is 12.6. The number of hydrogen-bond donors (Lipinski definition) is 0. The van der Waals surface area contributed by atoms with E-state index in [-0.39, 0.29) is 24.6 Å². The molecule has 0 aliphatic heterocycles. The highest BCUT2D eigenvalue weighted by Gasteiger charge is 2.22. The van der Waals surface area contributed by atoms with Gasteiger partial charge in [-0.15, -0.1) is 0 Å². The maximum atomic E-state index is 11.2. The van der Waals surface area contributed by atoms with Crippen LogP contribution in [0, 0.1) is 11.3 Å². The van der Waals surface area contributed by atoms with Crippen molar-refractivity contribution in [2.75, 3.05) is 13.7 Å². The van der Waals surface area contributed by atoms with Crippen LogP contribution < -0.4 is 0 Å². The Morgan fingerprint density at radius 1 is 1.53 bits per heavy atom. The molecule has 1 atom stereocenters. The molecule has 86 valence electrons. The van der Waals surface area contributed by atoms with Gasteiger partial charge >= 0.3 is 5.97 Å². The first-order valence-electron chi connectivity index (χ1n) is 5.26. The summed E-state index contributed by atoms with van der Waals surface area (Å²) in [4.78, 5) is 13.2. The maximum Gasteiger partial charge on any atom is 0.319 e. The van der Waals surface area contributed by atoms with Crippen molar-refractivity contribution in [3.63, 3.8) is 0 Å². The standard InChI is InChI=1S/C11H20N2O2/c1-5-10(6-7-12)13(9(2)3)8-11(14)15-4/h9-10H,5-6,8H2,1-4H3. The summed E-state index contributed by atoms with van der Waals surface area (Å²) >= 11 is 0. The molecule has 0 bridgehead atoms. The minimum absolute atomic E-state index is 0.133. The van der Waals surface area contributed by atoms with E-state index in [1.165, 1.54) is 7.11 Å². The first kappa shape index (κ1) is 13.9. The summed E-state index contributed by atoms with van der Waals surface area (Å²) < 4.78 is 4.64. The molecule has 4 heteroatoms. The fourth-order valence-corrected chi connectivity index (χ4v) is 1.55. The highest BCUT2D eigenvalue weighted by molar-refractivity contribution is 5.71. The van der Waals surface area contributed by atoms with Crippen molar-refractivity contribution in [1.29, 1.82) is 5.26 Å². The molecule has 0 aromatic rings. The van der Waals surface area contributed by atoms with Crippen LogP contribution in [-0.4, -0.2) is 36.6 Å². The molecule has 0 radical (unpaired) electrons. The first-order chi connectivity index (χ1) is 7.06. The lowest BCUT2D eigenvalue weighted by Gasteiger charge is -2.31. The average molecular weight is 212 g/mol. The Morgan fingerprint density at radius 3 is 2.47 bits per heavy atom. The molecule has 0 aliphatic carbocycles. The molecule has 0 spiro atoms. The van der Waals surface area contributed by atoms with Gasteiger partial charge in [0.2, 0.25) is 0 Å². The molecular formula is C11H20N2O2. The largest absolute Gasteiger partial charge is 0.468 e. The zero-order valence-electron chi connectivity index (χ0n) is 9.99. The van der Waals surface area contributed by atoms with Gasteiger partial charge in [-0.25, -0.2) is 0 Å². The van der Waals surface area contributed by atoms with Crippen LogP contribution in [0.25, 0.3) is 0 Å². The molecule has 0 amide bonds. The van der Waals surface area contributed by atoms with Gasteiger partial charge in [0.1, 0.15) is 0 Å². The molecule has 0 N–H and O–H groups in total. The van der Waals surface area contributed by atoms with E-state index in [2.05, 4.69) is 10.8 Å². The third kappa shape index (κ3) is 4.80. The third-order valence-corrected chi connectivity index (χ3v) is 2.47. The van der Waals surface area contributed by atoms with E-state index in [1.807, 2.05) is 25.7 Å². The summed E-state index contributed by atoms with van der Waals surface area (Å²) in [5.74, 6) is -0.250. The van der Waals surface area contributed by atoms with Crippen molar-refractivity contribution in [3.8, 4) is 6.07 Å². The number of ether oxygens (including phenoxy) is 1. The van der Waals surface area contributed by atoms with E-state index in [9.17, 15) is 4.79 Å². The second-order valence-corrected chi connectivity index (χ2v) is 3.77. The van der Waals surface area contributed by atoms with Crippen LogP contribution in [-0.2, 0) is 9.53 Å². The number of esters is 1. The summed E-state index contributed by atoms with van der Waals surface area (Å²) in [6, 6.07) is 2.52. The minimum Gasteiger partial charge on any atom is -0.468 e. The van der Waals surface area contributed by atoms with Gasteiger partial charge in [0.25, 0.3) is 0 Å². The Balaban J connectivity index is 4.49. The van der Waals surface area contributed by atoms with E-state index in [0.29, 0.717) is 6.42 Å². The van der Waals surface area contributed by atoms with Crippen LogP contribution in [0.1, 0.15) is 33.6 Å². The Hall–Kier alpha value is -1.08. The zero-order valence-corrected chi connectivity index (χ0v) is 9.99. The molecule has 1 unspecified atom stereocenters. The minimum atomic E-state index is -0.250. The first-order valence-corrected chi connectivity index (χ1v) is 5.26. The van der Waals surface area contributed by atoms with E-state index in [0.717, 1.165) is 6.42 Å². The smallest absolute Gasteiger partial charge is 0.319 e. The molecule has 0 aromatic heterocycles. The predicted molar refractivity (Wildman–Crippen MR) is 58.2 cm³/mol. The number of carbonyl (C=O) groups is 1. The third-order valence-electron chi connectivity index (χ3n) is 2.47. The number of nitriles is 1. The molecule has 0 aromatic carbocycles. The number of methoxy groups -OCH3 is 1. The Bertz CT molecular complexity index is 233. The van der Waals surface area contributed by atoms with Crippen LogP contribution >= 0.6 is 0 Å². The van der Waals surface area contributed by atoms with Gasteiger partial charge in [0, 0.05) is 12.1 Å². The molecule has 0 rings (SSSR count). The summed E-state index contributed by atoms with van der Waals surface area (Å²) in [5, 5.41) is 8.70. The highest BCUT2D eigenvalue weighted by atomic mass is 16.5. The zero-order chi connectivity index (χ0) is 11.8. The SMILES string of the molecule is CCC(CC#N)N(CC(=O)OC)C(C)C.